The first-order valence-corrected chi connectivity index (χ1v) is 10.9. The lowest BCUT2D eigenvalue weighted by atomic mass is 10.2. The summed E-state index contributed by atoms with van der Waals surface area (Å²) < 4.78 is 45.1. The molecule has 2 aromatic rings. The summed E-state index contributed by atoms with van der Waals surface area (Å²) in [5, 5.41) is 3.83. The molecule has 0 bridgehead atoms. The van der Waals surface area contributed by atoms with Crippen molar-refractivity contribution in [2.24, 2.45) is 5.10 Å². The Morgan fingerprint density at radius 2 is 1.72 bits per heavy atom. The average molecular weight is 465 g/mol. The summed E-state index contributed by atoms with van der Waals surface area (Å²) in [4.78, 5) is 23.6. The number of methoxy groups -OCH3 is 3. The number of carbonyl (C=O) groups excluding carboxylic acids is 2. The highest BCUT2D eigenvalue weighted by atomic mass is 32.2. The Morgan fingerprint density at radius 1 is 1.03 bits per heavy atom. The number of ether oxygens (including phenoxy) is 4. The lowest BCUT2D eigenvalue weighted by Crippen LogP contribution is -2.39. The maximum absolute atomic E-state index is 12.3. The SMILES string of the molecule is COC(=O)Oc1ccc(/C=N\NC(=O)CN(c2ccccc2OC)S(C)(=O)=O)cc1OC. The Hall–Kier alpha value is -3.80. The zero-order valence-corrected chi connectivity index (χ0v) is 18.7. The summed E-state index contributed by atoms with van der Waals surface area (Å²) in [6.45, 7) is -0.508. The highest BCUT2D eigenvalue weighted by Crippen LogP contribution is 2.29. The summed E-state index contributed by atoms with van der Waals surface area (Å²) in [5.41, 5.74) is 3.01. The zero-order chi connectivity index (χ0) is 23.7. The number of hydrogen-bond acceptors (Lipinski definition) is 9. The second-order valence-corrected chi connectivity index (χ2v) is 8.11. The molecule has 1 amide bonds. The first kappa shape index (κ1) is 24.5. The van der Waals surface area contributed by atoms with Crippen molar-refractivity contribution in [3.63, 3.8) is 0 Å². The van der Waals surface area contributed by atoms with Crippen LogP contribution in [0.15, 0.2) is 47.6 Å². The van der Waals surface area contributed by atoms with Gasteiger partial charge in [-0.05, 0) is 35.9 Å². The average Bonchev–Trinajstić information content (AvgIpc) is 2.77. The fraction of sp³-hybridized carbons (Fsp3) is 0.250. The second kappa shape index (κ2) is 11.0. The molecule has 12 heteroatoms. The van der Waals surface area contributed by atoms with Crippen molar-refractivity contribution in [3.05, 3.63) is 48.0 Å². The van der Waals surface area contributed by atoms with E-state index in [-0.39, 0.29) is 17.2 Å². The lowest BCUT2D eigenvalue weighted by Gasteiger charge is -2.23. The molecular formula is C20H23N3O8S. The van der Waals surface area contributed by atoms with Crippen molar-refractivity contribution in [2.45, 2.75) is 0 Å². The number of nitrogens with one attached hydrogen (secondary N) is 1. The third kappa shape index (κ3) is 6.60. The van der Waals surface area contributed by atoms with Gasteiger partial charge < -0.3 is 18.9 Å². The normalized spacial score (nSPS) is 11.0. The van der Waals surface area contributed by atoms with Gasteiger partial charge >= 0.3 is 6.16 Å². The highest BCUT2D eigenvalue weighted by molar-refractivity contribution is 7.92. The number of sulfonamides is 1. The predicted octanol–water partition coefficient (Wildman–Crippen LogP) is 1.77. The van der Waals surface area contributed by atoms with E-state index in [2.05, 4.69) is 15.3 Å². The standard InChI is InChI=1S/C20H23N3O8S/c1-28-16-8-6-5-7-15(16)23(32(4,26)27)13-19(24)22-21-12-14-9-10-17(18(11-14)29-2)31-20(25)30-3/h5-12H,13H2,1-4H3,(H,22,24)/b21-12-. The van der Waals surface area contributed by atoms with Gasteiger partial charge in [-0.2, -0.15) is 5.10 Å². The third-order valence-electron chi connectivity index (χ3n) is 3.99. The fourth-order valence-electron chi connectivity index (χ4n) is 2.54. The van der Waals surface area contributed by atoms with Gasteiger partial charge in [-0.3, -0.25) is 9.10 Å². The maximum atomic E-state index is 12.3. The van der Waals surface area contributed by atoms with Crippen LogP contribution in [0.1, 0.15) is 5.56 Å². The van der Waals surface area contributed by atoms with Crippen LogP contribution in [0.3, 0.4) is 0 Å². The van der Waals surface area contributed by atoms with E-state index >= 15 is 0 Å². The van der Waals surface area contributed by atoms with E-state index in [0.717, 1.165) is 10.6 Å². The van der Waals surface area contributed by atoms with Crippen molar-refractivity contribution in [2.75, 3.05) is 38.4 Å². The number of amides is 1. The molecule has 0 aliphatic rings. The molecule has 0 fully saturated rings. The number of hydrazone groups is 1. The van der Waals surface area contributed by atoms with E-state index < -0.39 is 28.6 Å². The smallest absolute Gasteiger partial charge is 0.495 e. The van der Waals surface area contributed by atoms with Gasteiger partial charge in [-0.15, -0.1) is 0 Å². The lowest BCUT2D eigenvalue weighted by molar-refractivity contribution is -0.119. The number of hydrogen-bond donors (Lipinski definition) is 1. The third-order valence-corrected chi connectivity index (χ3v) is 5.12. The minimum absolute atomic E-state index is 0.140. The molecule has 0 aromatic heterocycles. The summed E-state index contributed by atoms with van der Waals surface area (Å²) in [5.74, 6) is 0.0111. The number of rotatable bonds is 9. The Bertz CT molecular complexity index is 1100. The van der Waals surface area contributed by atoms with E-state index in [4.69, 9.17) is 14.2 Å². The minimum Gasteiger partial charge on any atom is -0.495 e. The molecule has 0 aliphatic heterocycles. The molecule has 0 radical (unpaired) electrons. The Kier molecular flexibility index (Phi) is 8.41. The molecule has 0 heterocycles. The van der Waals surface area contributed by atoms with Gasteiger partial charge in [-0.25, -0.2) is 18.6 Å². The summed E-state index contributed by atoms with van der Waals surface area (Å²) in [7, 11) is 0.192. The van der Waals surface area contributed by atoms with Crippen LogP contribution < -0.4 is 23.9 Å². The molecule has 0 saturated heterocycles. The van der Waals surface area contributed by atoms with Gasteiger partial charge in [0.15, 0.2) is 11.5 Å². The van der Waals surface area contributed by atoms with Gasteiger partial charge in [0.1, 0.15) is 12.3 Å². The van der Waals surface area contributed by atoms with Crippen molar-refractivity contribution < 1.29 is 37.0 Å². The molecule has 2 aromatic carbocycles. The summed E-state index contributed by atoms with van der Waals surface area (Å²) in [6, 6.07) is 11.0. The molecule has 2 rings (SSSR count). The van der Waals surface area contributed by atoms with E-state index in [9.17, 15) is 18.0 Å². The highest BCUT2D eigenvalue weighted by Gasteiger charge is 2.23. The molecule has 0 atom stereocenters. The molecular weight excluding hydrogens is 442 g/mol. The van der Waals surface area contributed by atoms with Crippen LogP contribution in [-0.2, 0) is 19.6 Å². The van der Waals surface area contributed by atoms with Crippen LogP contribution in [0, 0.1) is 0 Å². The van der Waals surface area contributed by atoms with E-state index in [1.165, 1.54) is 45.7 Å². The van der Waals surface area contributed by atoms with Gasteiger partial charge in [0.05, 0.1) is 39.5 Å². The van der Waals surface area contributed by atoms with Crippen LogP contribution in [-0.4, -0.2) is 60.8 Å². The van der Waals surface area contributed by atoms with E-state index in [0.29, 0.717) is 11.3 Å². The molecule has 0 spiro atoms. The molecule has 1 N–H and O–H groups in total. The molecule has 0 unspecified atom stereocenters. The molecule has 172 valence electrons. The monoisotopic (exact) mass is 465 g/mol. The van der Waals surface area contributed by atoms with Crippen molar-refractivity contribution >= 4 is 34.0 Å². The topological polar surface area (TPSA) is 133 Å². The Morgan fingerprint density at radius 3 is 2.34 bits per heavy atom. The van der Waals surface area contributed by atoms with Gasteiger partial charge in [-0.1, -0.05) is 12.1 Å². The number of benzene rings is 2. The Labute approximate surface area is 185 Å². The van der Waals surface area contributed by atoms with Crippen LogP contribution in [0.2, 0.25) is 0 Å². The molecule has 32 heavy (non-hydrogen) atoms. The molecule has 0 aliphatic carbocycles. The predicted molar refractivity (Wildman–Crippen MR) is 117 cm³/mol. The number of carbonyl (C=O) groups is 2. The fourth-order valence-corrected chi connectivity index (χ4v) is 3.40. The number of para-hydroxylation sites is 2. The largest absolute Gasteiger partial charge is 0.513 e. The number of anilines is 1. The summed E-state index contributed by atoms with van der Waals surface area (Å²) >= 11 is 0. The molecule has 0 saturated carbocycles. The quantitative estimate of drug-likeness (QED) is 0.256. The van der Waals surface area contributed by atoms with Crippen LogP contribution >= 0.6 is 0 Å². The van der Waals surface area contributed by atoms with Crippen molar-refractivity contribution in [3.8, 4) is 17.2 Å². The number of nitrogens with zero attached hydrogens (tertiary/aromatic N) is 2. The van der Waals surface area contributed by atoms with E-state index in [1.807, 2.05) is 0 Å². The minimum atomic E-state index is -3.78. The van der Waals surface area contributed by atoms with Gasteiger partial charge in [0.25, 0.3) is 5.91 Å². The maximum Gasteiger partial charge on any atom is 0.513 e. The second-order valence-electron chi connectivity index (χ2n) is 6.20. The Balaban J connectivity index is 2.11. The summed E-state index contributed by atoms with van der Waals surface area (Å²) in [6.07, 6.45) is 1.40. The molecule has 11 nitrogen and oxygen atoms in total. The van der Waals surface area contributed by atoms with Crippen LogP contribution in [0.4, 0.5) is 10.5 Å². The first-order chi connectivity index (χ1) is 15.2. The van der Waals surface area contributed by atoms with Gasteiger partial charge in [0.2, 0.25) is 10.0 Å². The van der Waals surface area contributed by atoms with E-state index in [1.54, 1.807) is 24.3 Å². The van der Waals surface area contributed by atoms with Crippen LogP contribution in [0.5, 0.6) is 17.2 Å². The van der Waals surface area contributed by atoms with Crippen LogP contribution in [0.25, 0.3) is 0 Å². The first-order valence-electron chi connectivity index (χ1n) is 9.06. The van der Waals surface area contributed by atoms with Gasteiger partial charge in [0, 0.05) is 0 Å². The zero-order valence-electron chi connectivity index (χ0n) is 17.9. The van der Waals surface area contributed by atoms with Crippen molar-refractivity contribution in [1.82, 2.24) is 5.43 Å². The van der Waals surface area contributed by atoms with Crippen molar-refractivity contribution in [1.29, 1.82) is 0 Å².